The summed E-state index contributed by atoms with van der Waals surface area (Å²) >= 11 is 16.1. The van der Waals surface area contributed by atoms with Crippen LogP contribution in [0.15, 0.2) is 68.8 Å². The molecule has 0 aliphatic carbocycles. The number of benzene rings is 2. The number of carbonyl (C=O) groups is 1. The number of isocyanates is 1. The third-order valence-electron chi connectivity index (χ3n) is 3.92. The number of alkyl halides is 3. The molecule has 0 saturated heterocycles. The quantitative estimate of drug-likeness (QED) is 0.271. The number of ketones is 1. The van der Waals surface area contributed by atoms with Gasteiger partial charge in [-0.15, -0.1) is 0 Å². The first kappa shape index (κ1) is 26.5. The van der Waals surface area contributed by atoms with Gasteiger partial charge in [0.15, 0.2) is 9.84 Å². The van der Waals surface area contributed by atoms with E-state index in [1.54, 1.807) is 30.3 Å². The van der Waals surface area contributed by atoms with Crippen molar-refractivity contribution in [2.75, 3.05) is 0 Å². The number of hydrogen-bond acceptors (Lipinski definition) is 8. The summed E-state index contributed by atoms with van der Waals surface area (Å²) in [5, 5.41) is 0. The predicted octanol–water partition coefficient (Wildman–Crippen LogP) is 2.37. The predicted molar refractivity (Wildman–Crippen MR) is 117 cm³/mol. The van der Waals surface area contributed by atoms with Gasteiger partial charge in [-0.3, -0.25) is 4.79 Å². The fourth-order valence-corrected chi connectivity index (χ4v) is 8.18. The summed E-state index contributed by atoms with van der Waals surface area (Å²) < 4.78 is 71.6. The Hall–Kier alpha value is -1.79. The van der Waals surface area contributed by atoms with Crippen molar-refractivity contribution in [2.45, 2.75) is 23.9 Å². The van der Waals surface area contributed by atoms with Gasteiger partial charge in [0.25, 0.3) is 24.5 Å². The van der Waals surface area contributed by atoms with Gasteiger partial charge in [0.2, 0.25) is 15.6 Å². The van der Waals surface area contributed by atoms with E-state index in [-0.39, 0.29) is 10.6 Å². The Labute approximate surface area is 198 Å². The van der Waals surface area contributed by atoms with Crippen LogP contribution in [0.25, 0.3) is 0 Å². The molecule has 0 fully saturated rings. The van der Waals surface area contributed by atoms with Gasteiger partial charge in [-0.05, 0) is 29.8 Å². The molecule has 15 heteroatoms. The van der Waals surface area contributed by atoms with Crippen LogP contribution in [-0.4, -0.2) is 45.5 Å². The SMILES string of the molecule is O=C=NS(=O)(=O)C(C(=O)C(Cl)(Cl)Cl)S(=O)(=O)c1ccc(S(=O)(=O)Cc2ccccc2)cc1. The topological polar surface area (TPSA) is 149 Å². The van der Waals surface area contributed by atoms with E-state index in [1.807, 2.05) is 0 Å². The van der Waals surface area contributed by atoms with Crippen LogP contribution in [-0.2, 0) is 45.0 Å². The first-order valence-electron chi connectivity index (χ1n) is 8.17. The molecular weight excluding hydrogens is 549 g/mol. The van der Waals surface area contributed by atoms with E-state index in [1.165, 1.54) is 0 Å². The van der Waals surface area contributed by atoms with Crippen molar-refractivity contribution in [3.63, 3.8) is 0 Å². The molecule has 0 N–H and O–H groups in total. The van der Waals surface area contributed by atoms with Crippen LogP contribution in [0.1, 0.15) is 5.56 Å². The number of rotatable bonds is 8. The monoisotopic (exact) mass is 559 g/mol. The lowest BCUT2D eigenvalue weighted by molar-refractivity contribution is -0.116. The summed E-state index contributed by atoms with van der Waals surface area (Å²) in [4.78, 5) is 21.7. The van der Waals surface area contributed by atoms with Crippen LogP contribution in [0, 0.1) is 0 Å². The van der Waals surface area contributed by atoms with Gasteiger partial charge in [0, 0.05) is 0 Å². The third-order valence-corrected chi connectivity index (χ3v) is 10.5. The van der Waals surface area contributed by atoms with Gasteiger partial charge >= 0.3 is 0 Å². The standard InChI is InChI=1S/C17H12Cl3NO8S3/c18-17(19,20)15(23)16(32(28,29)21-11-22)31(26,27)14-8-6-13(7-9-14)30(24,25)10-12-4-2-1-3-5-12/h1-9,16H,10H2. The number of sulfonamides is 1. The van der Waals surface area contributed by atoms with Crippen molar-refractivity contribution in [2.24, 2.45) is 4.40 Å². The Kier molecular flexibility index (Phi) is 7.94. The molecule has 1 unspecified atom stereocenters. The minimum absolute atomic E-state index is 0.265. The Balaban J connectivity index is 2.53. The second kappa shape index (κ2) is 9.60. The Bertz CT molecular complexity index is 1380. The highest BCUT2D eigenvalue weighted by atomic mass is 35.6. The largest absolute Gasteiger partial charge is 0.292 e. The molecule has 0 saturated carbocycles. The molecule has 2 aromatic rings. The number of sulfone groups is 2. The van der Waals surface area contributed by atoms with Gasteiger partial charge in [-0.2, -0.15) is 0 Å². The molecule has 2 rings (SSSR count). The molecule has 0 spiro atoms. The molecule has 0 aliphatic rings. The van der Waals surface area contributed by atoms with E-state index >= 15 is 0 Å². The maximum Gasteiger partial charge on any atom is 0.288 e. The number of hydrogen-bond donors (Lipinski definition) is 0. The zero-order valence-electron chi connectivity index (χ0n) is 15.6. The minimum atomic E-state index is -5.35. The number of Topliss-reactive ketones (excluding diaryl/α,β-unsaturated/α-hetero) is 1. The molecule has 0 amide bonds. The second-order valence-corrected chi connectivity index (χ2v) is 14.4. The Morgan fingerprint density at radius 2 is 1.38 bits per heavy atom. The zero-order chi connectivity index (χ0) is 24.4. The highest BCUT2D eigenvalue weighted by Crippen LogP contribution is 2.34. The van der Waals surface area contributed by atoms with Gasteiger partial charge < -0.3 is 0 Å². The van der Waals surface area contributed by atoms with Crippen LogP contribution < -0.4 is 0 Å². The van der Waals surface area contributed by atoms with Gasteiger partial charge in [0.1, 0.15) is 0 Å². The van der Waals surface area contributed by atoms with Gasteiger partial charge in [-0.25, -0.2) is 30.0 Å². The highest BCUT2D eigenvalue weighted by molar-refractivity contribution is 8.09. The smallest absolute Gasteiger partial charge is 0.288 e. The molecule has 0 bridgehead atoms. The summed E-state index contributed by atoms with van der Waals surface area (Å²) in [5.41, 5.74) is 0.482. The molecule has 1 atom stereocenters. The lowest BCUT2D eigenvalue weighted by atomic mass is 10.2. The minimum Gasteiger partial charge on any atom is -0.292 e. The molecule has 0 heterocycles. The van der Waals surface area contributed by atoms with Crippen LogP contribution in [0.4, 0.5) is 0 Å². The van der Waals surface area contributed by atoms with E-state index in [4.69, 9.17) is 34.8 Å². The summed E-state index contributed by atoms with van der Waals surface area (Å²) in [6.07, 6.45) is 0.632. The normalized spacial score (nSPS) is 13.7. The Morgan fingerprint density at radius 1 is 0.875 bits per heavy atom. The molecule has 32 heavy (non-hydrogen) atoms. The molecule has 172 valence electrons. The number of halogens is 3. The van der Waals surface area contributed by atoms with Crippen molar-refractivity contribution in [3.8, 4) is 0 Å². The second-order valence-electron chi connectivity index (χ2n) is 6.15. The van der Waals surface area contributed by atoms with Crippen LogP contribution >= 0.6 is 34.8 Å². The van der Waals surface area contributed by atoms with Crippen molar-refractivity contribution in [1.29, 1.82) is 0 Å². The number of carbonyl (C=O) groups excluding carboxylic acids is 2. The maximum absolute atomic E-state index is 12.9. The summed E-state index contributed by atoms with van der Waals surface area (Å²) in [5.74, 6) is -2.28. The van der Waals surface area contributed by atoms with Crippen LogP contribution in [0.5, 0.6) is 0 Å². The van der Waals surface area contributed by atoms with Crippen LogP contribution in [0.3, 0.4) is 0 Å². The average molecular weight is 561 g/mol. The molecule has 0 radical (unpaired) electrons. The van der Waals surface area contributed by atoms with E-state index in [0.29, 0.717) is 11.6 Å². The molecule has 0 aliphatic heterocycles. The average Bonchev–Trinajstić information content (AvgIpc) is 2.67. The van der Waals surface area contributed by atoms with Crippen molar-refractivity contribution >= 4 is 76.4 Å². The summed E-state index contributed by atoms with van der Waals surface area (Å²) in [6, 6.07) is 11.5. The summed E-state index contributed by atoms with van der Waals surface area (Å²) in [6.45, 7) is 0. The zero-order valence-corrected chi connectivity index (χ0v) is 20.3. The molecular formula is C17H12Cl3NO8S3. The number of nitrogens with zero attached hydrogens (tertiary/aromatic N) is 1. The van der Waals surface area contributed by atoms with Gasteiger partial charge in [-0.1, -0.05) is 69.5 Å². The fraction of sp³-hybridized carbons (Fsp3) is 0.176. The molecule has 2 aromatic carbocycles. The van der Waals surface area contributed by atoms with E-state index < -0.39 is 48.8 Å². The van der Waals surface area contributed by atoms with Crippen LogP contribution in [0.2, 0.25) is 0 Å². The summed E-state index contributed by atoms with van der Waals surface area (Å²) in [7, 11) is -14.4. The first-order chi connectivity index (χ1) is 14.6. The Morgan fingerprint density at radius 3 is 1.84 bits per heavy atom. The first-order valence-corrected chi connectivity index (χ1v) is 14.0. The van der Waals surface area contributed by atoms with E-state index in [0.717, 1.165) is 24.3 Å². The maximum atomic E-state index is 12.9. The van der Waals surface area contributed by atoms with Crippen molar-refractivity contribution in [3.05, 3.63) is 60.2 Å². The fourth-order valence-electron chi connectivity index (χ4n) is 2.51. The van der Waals surface area contributed by atoms with E-state index in [2.05, 4.69) is 4.40 Å². The lowest BCUT2D eigenvalue weighted by Gasteiger charge is -2.18. The molecule has 0 aromatic heterocycles. The molecule has 9 nitrogen and oxygen atoms in total. The van der Waals surface area contributed by atoms with Crippen molar-refractivity contribution < 1.29 is 34.8 Å². The van der Waals surface area contributed by atoms with Gasteiger partial charge in [0.05, 0.1) is 15.5 Å². The third kappa shape index (κ3) is 5.96. The van der Waals surface area contributed by atoms with Crippen molar-refractivity contribution in [1.82, 2.24) is 0 Å². The van der Waals surface area contributed by atoms with E-state index in [9.17, 15) is 34.8 Å². The highest BCUT2D eigenvalue weighted by Gasteiger charge is 2.52. The lowest BCUT2D eigenvalue weighted by Crippen LogP contribution is -2.43.